The fourth-order valence-electron chi connectivity index (χ4n) is 1.08. The highest BCUT2D eigenvalue weighted by atomic mass is 32.2. The molecule has 6 heteroatoms. The van der Waals surface area contributed by atoms with Gasteiger partial charge in [-0.3, -0.25) is 4.21 Å². The lowest BCUT2D eigenvalue weighted by molar-refractivity contribution is 0.0597. The summed E-state index contributed by atoms with van der Waals surface area (Å²) in [6, 6.07) is 3.98. The van der Waals surface area contributed by atoms with Crippen molar-refractivity contribution in [3.8, 4) is 5.75 Å². The molecule has 5 nitrogen and oxygen atoms in total. The van der Waals surface area contributed by atoms with Crippen LogP contribution < -0.4 is 0 Å². The molecule has 0 aliphatic rings. The zero-order valence-electron chi connectivity index (χ0n) is 7.93. The maximum atomic E-state index is 11.1. The molecule has 1 rings (SSSR count). The van der Waals surface area contributed by atoms with E-state index in [1.807, 2.05) is 0 Å². The third-order valence-corrected chi connectivity index (χ3v) is 2.32. The van der Waals surface area contributed by atoms with Gasteiger partial charge in [0.2, 0.25) is 0 Å². The van der Waals surface area contributed by atoms with Crippen LogP contribution in [0.15, 0.2) is 18.2 Å². The molecule has 1 aromatic carbocycles. The van der Waals surface area contributed by atoms with Gasteiger partial charge in [0.15, 0.2) is 0 Å². The number of aromatic hydroxyl groups is 1. The van der Waals surface area contributed by atoms with Crippen molar-refractivity contribution in [2.24, 2.45) is 0 Å². The van der Waals surface area contributed by atoms with Gasteiger partial charge in [0.1, 0.15) is 11.3 Å². The monoisotopic (exact) mass is 229 g/mol. The van der Waals surface area contributed by atoms with E-state index in [-0.39, 0.29) is 17.1 Å². The largest absolute Gasteiger partial charge is 0.772 e. The number of methoxy groups -OCH3 is 1. The zero-order chi connectivity index (χ0) is 11.4. The number of ether oxygens (including phenoxy) is 1. The lowest BCUT2D eigenvalue weighted by Crippen LogP contribution is -2.03. The normalized spacial score (nSPS) is 12.1. The number of hydrogen-bond acceptors (Lipinski definition) is 5. The molecule has 0 bridgehead atoms. The fourth-order valence-corrected chi connectivity index (χ4v) is 1.53. The van der Waals surface area contributed by atoms with Crippen molar-refractivity contribution in [3.05, 3.63) is 29.3 Å². The van der Waals surface area contributed by atoms with Gasteiger partial charge in [-0.15, -0.1) is 0 Å². The fraction of sp³-hybridized carbons (Fsp3) is 0.222. The van der Waals surface area contributed by atoms with Gasteiger partial charge >= 0.3 is 5.97 Å². The van der Waals surface area contributed by atoms with Crippen molar-refractivity contribution in [1.29, 1.82) is 0 Å². The molecule has 1 atom stereocenters. The highest BCUT2D eigenvalue weighted by Crippen LogP contribution is 2.19. The number of carbonyl (C=O) groups excluding carboxylic acids is 1. The predicted octanol–water partition coefficient (Wildman–Crippen LogP) is 0.558. The van der Waals surface area contributed by atoms with E-state index in [0.717, 1.165) is 0 Å². The summed E-state index contributed by atoms with van der Waals surface area (Å²) in [5.74, 6) is -1.14. The van der Waals surface area contributed by atoms with Crippen LogP contribution in [-0.4, -0.2) is 26.9 Å². The van der Waals surface area contributed by atoms with Gasteiger partial charge in [-0.2, -0.15) is 0 Å². The maximum Gasteiger partial charge on any atom is 0.341 e. The molecule has 15 heavy (non-hydrogen) atoms. The van der Waals surface area contributed by atoms with Crippen molar-refractivity contribution in [2.75, 3.05) is 7.11 Å². The first-order valence-corrected chi connectivity index (χ1v) is 5.25. The molecule has 0 saturated carbocycles. The molecule has 0 heterocycles. The van der Waals surface area contributed by atoms with Gasteiger partial charge in [0.25, 0.3) is 0 Å². The quantitative estimate of drug-likeness (QED) is 0.604. The van der Waals surface area contributed by atoms with Gasteiger partial charge in [-0.25, -0.2) is 4.79 Å². The Morgan fingerprint density at radius 3 is 2.80 bits per heavy atom. The Morgan fingerprint density at radius 1 is 1.60 bits per heavy atom. The lowest BCUT2D eigenvalue weighted by Gasteiger charge is -2.07. The maximum absolute atomic E-state index is 11.1. The minimum Gasteiger partial charge on any atom is -0.772 e. The van der Waals surface area contributed by atoms with Gasteiger partial charge in [0, 0.05) is 5.75 Å². The average molecular weight is 229 g/mol. The molecule has 82 valence electrons. The molecular formula is C9H9O5S-. The number of rotatable bonds is 3. The van der Waals surface area contributed by atoms with Crippen LogP contribution in [0, 0.1) is 0 Å². The van der Waals surface area contributed by atoms with E-state index in [1.165, 1.54) is 25.3 Å². The second-order valence-electron chi connectivity index (χ2n) is 2.79. The van der Waals surface area contributed by atoms with Crippen LogP contribution in [-0.2, 0) is 21.6 Å². The first-order valence-electron chi connectivity index (χ1n) is 4.00. The molecule has 1 aromatic rings. The standard InChI is InChI=1S/C9H10O5S/c1-14-9(11)7-4-6(5-15(12)13)2-3-8(7)10/h2-4,10H,5H2,1H3,(H,12,13)/p-1. The summed E-state index contributed by atoms with van der Waals surface area (Å²) in [5.41, 5.74) is 0.377. The van der Waals surface area contributed by atoms with Crippen LogP contribution >= 0.6 is 0 Å². The summed E-state index contributed by atoms with van der Waals surface area (Å²) in [7, 11) is 1.18. The third-order valence-electron chi connectivity index (χ3n) is 1.75. The zero-order valence-corrected chi connectivity index (χ0v) is 8.74. The van der Waals surface area contributed by atoms with E-state index < -0.39 is 17.0 Å². The average Bonchev–Trinajstić information content (AvgIpc) is 2.19. The Bertz CT molecular complexity index is 401. The Morgan fingerprint density at radius 2 is 2.27 bits per heavy atom. The van der Waals surface area contributed by atoms with Gasteiger partial charge in [0.05, 0.1) is 7.11 Å². The molecular weight excluding hydrogens is 220 g/mol. The topological polar surface area (TPSA) is 86.7 Å². The van der Waals surface area contributed by atoms with Crippen LogP contribution in [0.1, 0.15) is 15.9 Å². The highest BCUT2D eigenvalue weighted by molar-refractivity contribution is 7.78. The van der Waals surface area contributed by atoms with Gasteiger partial charge in [-0.05, 0) is 17.7 Å². The van der Waals surface area contributed by atoms with Crippen LogP contribution in [0.25, 0.3) is 0 Å². The van der Waals surface area contributed by atoms with Crippen molar-refractivity contribution in [2.45, 2.75) is 5.75 Å². The predicted molar refractivity (Wildman–Crippen MR) is 52.1 cm³/mol. The number of benzene rings is 1. The minimum atomic E-state index is -2.23. The Balaban J connectivity index is 3.05. The van der Waals surface area contributed by atoms with Crippen LogP contribution in [0.5, 0.6) is 5.75 Å². The molecule has 0 fully saturated rings. The van der Waals surface area contributed by atoms with Crippen molar-refractivity contribution < 1.29 is 23.4 Å². The van der Waals surface area contributed by atoms with E-state index in [9.17, 15) is 18.7 Å². The molecule has 0 saturated heterocycles. The lowest BCUT2D eigenvalue weighted by atomic mass is 10.1. The van der Waals surface area contributed by atoms with E-state index in [0.29, 0.717) is 5.56 Å². The van der Waals surface area contributed by atoms with Crippen LogP contribution in [0.3, 0.4) is 0 Å². The van der Waals surface area contributed by atoms with Crippen LogP contribution in [0.2, 0.25) is 0 Å². The molecule has 1 unspecified atom stereocenters. The number of esters is 1. The molecule has 0 amide bonds. The number of hydrogen-bond donors (Lipinski definition) is 1. The summed E-state index contributed by atoms with van der Waals surface area (Å²) in [6.07, 6.45) is 0. The summed E-state index contributed by atoms with van der Waals surface area (Å²) in [6.45, 7) is 0. The Kier molecular flexibility index (Phi) is 3.81. The molecule has 0 aliphatic heterocycles. The summed E-state index contributed by atoms with van der Waals surface area (Å²) in [5, 5.41) is 9.32. The molecule has 0 aliphatic carbocycles. The third kappa shape index (κ3) is 3.03. The smallest absolute Gasteiger partial charge is 0.341 e. The second-order valence-corrected chi connectivity index (χ2v) is 3.69. The van der Waals surface area contributed by atoms with Crippen LogP contribution in [0.4, 0.5) is 0 Å². The number of phenols is 1. The number of phenolic OH excluding ortho intramolecular Hbond substituents is 1. The van der Waals surface area contributed by atoms with Crippen molar-refractivity contribution in [3.63, 3.8) is 0 Å². The first-order chi connectivity index (χ1) is 7.04. The number of carbonyl (C=O) groups is 1. The first kappa shape index (κ1) is 11.7. The van der Waals surface area contributed by atoms with Crippen molar-refractivity contribution in [1.82, 2.24) is 0 Å². The molecule has 0 aromatic heterocycles. The van der Waals surface area contributed by atoms with Crippen molar-refractivity contribution >= 4 is 17.0 Å². The molecule has 1 N–H and O–H groups in total. The van der Waals surface area contributed by atoms with E-state index in [4.69, 9.17) is 0 Å². The summed E-state index contributed by atoms with van der Waals surface area (Å²) >= 11 is -2.23. The summed E-state index contributed by atoms with van der Waals surface area (Å²) < 4.78 is 25.3. The SMILES string of the molecule is COC(=O)c1cc(CS(=O)[O-])ccc1O. The van der Waals surface area contributed by atoms with E-state index in [1.54, 1.807) is 0 Å². The van der Waals surface area contributed by atoms with E-state index in [2.05, 4.69) is 4.74 Å². The Labute approximate surface area is 89.0 Å². The molecule has 0 radical (unpaired) electrons. The van der Waals surface area contributed by atoms with E-state index >= 15 is 0 Å². The minimum absolute atomic E-state index is 0.0412. The van der Waals surface area contributed by atoms with Gasteiger partial charge < -0.3 is 14.4 Å². The summed E-state index contributed by atoms with van der Waals surface area (Å²) in [4.78, 5) is 11.1. The Hall–Kier alpha value is -1.40. The highest BCUT2D eigenvalue weighted by Gasteiger charge is 2.11. The second kappa shape index (κ2) is 4.90. The molecule has 0 spiro atoms. The van der Waals surface area contributed by atoms with Gasteiger partial charge in [-0.1, -0.05) is 17.1 Å².